The van der Waals surface area contributed by atoms with E-state index in [0.29, 0.717) is 31.2 Å². The number of ether oxygens (including phenoxy) is 1. The summed E-state index contributed by atoms with van der Waals surface area (Å²) in [6.07, 6.45) is 3.22. The lowest BCUT2D eigenvalue weighted by atomic mass is 9.96. The van der Waals surface area contributed by atoms with Crippen molar-refractivity contribution in [1.29, 1.82) is 0 Å². The Morgan fingerprint density at radius 1 is 1.52 bits per heavy atom. The van der Waals surface area contributed by atoms with Crippen LogP contribution in [0.3, 0.4) is 0 Å². The van der Waals surface area contributed by atoms with E-state index in [1.54, 1.807) is 19.9 Å². The molecule has 1 aliphatic rings. The molecule has 0 heterocycles. The Bertz CT molecular complexity index is 516. The van der Waals surface area contributed by atoms with Gasteiger partial charge in [-0.05, 0) is 63.3 Å². The van der Waals surface area contributed by atoms with Gasteiger partial charge in [0.2, 0.25) is 0 Å². The van der Waals surface area contributed by atoms with Crippen LogP contribution in [0.4, 0.5) is 4.39 Å². The van der Waals surface area contributed by atoms with Crippen molar-refractivity contribution in [3.05, 3.63) is 29.6 Å². The zero-order chi connectivity index (χ0) is 15.5. The number of rotatable bonds is 8. The molecule has 1 fully saturated rings. The van der Waals surface area contributed by atoms with E-state index in [4.69, 9.17) is 4.74 Å². The number of aryl methyl sites for hydroxylation is 1. The molecule has 0 aliphatic heterocycles. The monoisotopic (exact) mass is 295 g/mol. The first-order chi connectivity index (χ1) is 9.90. The highest BCUT2D eigenvalue weighted by molar-refractivity contribution is 5.78. The van der Waals surface area contributed by atoms with Crippen LogP contribution < -0.4 is 10.1 Å². The van der Waals surface area contributed by atoms with Crippen LogP contribution in [0.15, 0.2) is 18.2 Å². The molecule has 1 saturated carbocycles. The summed E-state index contributed by atoms with van der Waals surface area (Å²) >= 11 is 0. The summed E-state index contributed by atoms with van der Waals surface area (Å²) in [5, 5.41) is 12.5. The number of nitrogens with one attached hydrogen (secondary N) is 1. The van der Waals surface area contributed by atoms with Gasteiger partial charge in [0.1, 0.15) is 17.1 Å². The summed E-state index contributed by atoms with van der Waals surface area (Å²) in [4.78, 5) is 11.4. The predicted octanol–water partition coefficient (Wildman–Crippen LogP) is 2.89. The van der Waals surface area contributed by atoms with E-state index in [1.807, 2.05) is 0 Å². The van der Waals surface area contributed by atoms with Crippen LogP contribution in [0.2, 0.25) is 0 Å². The third kappa shape index (κ3) is 4.43. The third-order valence-corrected chi connectivity index (χ3v) is 3.79. The van der Waals surface area contributed by atoms with E-state index in [9.17, 15) is 14.3 Å². The van der Waals surface area contributed by atoms with Crippen molar-refractivity contribution >= 4 is 5.97 Å². The molecule has 4 nitrogen and oxygen atoms in total. The van der Waals surface area contributed by atoms with Crippen molar-refractivity contribution in [2.45, 2.75) is 51.1 Å². The van der Waals surface area contributed by atoms with Crippen molar-refractivity contribution in [3.8, 4) is 5.75 Å². The maximum atomic E-state index is 13.0. The molecule has 2 N–H and O–H groups in total. The van der Waals surface area contributed by atoms with Crippen LogP contribution in [-0.4, -0.2) is 29.3 Å². The lowest BCUT2D eigenvalue weighted by Gasteiger charge is -2.26. The molecule has 0 aromatic heterocycles. The first-order valence-electron chi connectivity index (χ1n) is 7.31. The molecule has 21 heavy (non-hydrogen) atoms. The number of hydrogen-bond acceptors (Lipinski definition) is 3. The Hall–Kier alpha value is -1.62. The minimum absolute atomic E-state index is 0.285. The Morgan fingerprint density at radius 2 is 2.24 bits per heavy atom. The Labute approximate surface area is 124 Å². The standard InChI is InChI=1S/C16H22FNO3/c1-11-10-12(17)4-7-14(11)21-9-3-8-16(2,15(19)20)18-13-5-6-13/h4,7,10,13,18H,3,5-6,8-9H2,1-2H3,(H,19,20). The molecule has 0 bridgehead atoms. The zero-order valence-electron chi connectivity index (χ0n) is 12.5. The van der Waals surface area contributed by atoms with Gasteiger partial charge in [0, 0.05) is 6.04 Å². The average molecular weight is 295 g/mol. The quantitative estimate of drug-likeness (QED) is 0.724. The summed E-state index contributed by atoms with van der Waals surface area (Å²) in [6, 6.07) is 4.72. The number of carboxylic acid groups (broad SMARTS) is 1. The van der Waals surface area contributed by atoms with Crippen molar-refractivity contribution in [2.75, 3.05) is 6.61 Å². The summed E-state index contributed by atoms with van der Waals surface area (Å²) in [6.45, 7) is 3.92. The number of aliphatic carboxylic acids is 1. The SMILES string of the molecule is Cc1cc(F)ccc1OCCCC(C)(NC1CC1)C(=O)O. The first-order valence-corrected chi connectivity index (χ1v) is 7.31. The number of carbonyl (C=O) groups is 1. The summed E-state index contributed by atoms with van der Waals surface area (Å²) in [7, 11) is 0. The van der Waals surface area contributed by atoms with E-state index in [2.05, 4.69) is 5.32 Å². The molecule has 0 radical (unpaired) electrons. The van der Waals surface area contributed by atoms with Crippen molar-refractivity contribution < 1.29 is 19.0 Å². The maximum Gasteiger partial charge on any atom is 0.323 e. The van der Waals surface area contributed by atoms with Crippen LogP contribution in [0.5, 0.6) is 5.75 Å². The van der Waals surface area contributed by atoms with Crippen LogP contribution >= 0.6 is 0 Å². The van der Waals surface area contributed by atoms with Gasteiger partial charge in [0.05, 0.1) is 6.61 Å². The molecule has 0 saturated heterocycles. The van der Waals surface area contributed by atoms with Crippen molar-refractivity contribution in [3.63, 3.8) is 0 Å². The Kier molecular flexibility index (Phi) is 4.83. The average Bonchev–Trinajstić information content (AvgIpc) is 3.20. The molecule has 5 heteroatoms. The zero-order valence-corrected chi connectivity index (χ0v) is 12.5. The fourth-order valence-electron chi connectivity index (χ4n) is 2.30. The van der Waals surface area contributed by atoms with Crippen molar-refractivity contribution in [1.82, 2.24) is 5.32 Å². The van der Waals surface area contributed by atoms with Crippen LogP contribution in [-0.2, 0) is 4.79 Å². The second kappa shape index (κ2) is 6.43. The summed E-state index contributed by atoms with van der Waals surface area (Å²) in [5.74, 6) is -0.470. The van der Waals surface area contributed by atoms with Gasteiger partial charge < -0.3 is 9.84 Å². The lowest BCUT2D eigenvalue weighted by Crippen LogP contribution is -2.50. The molecule has 1 aromatic carbocycles. The highest BCUT2D eigenvalue weighted by atomic mass is 19.1. The molecule has 1 aromatic rings. The fraction of sp³-hybridized carbons (Fsp3) is 0.562. The van der Waals surface area contributed by atoms with E-state index in [0.717, 1.165) is 18.4 Å². The van der Waals surface area contributed by atoms with Gasteiger partial charge in [-0.2, -0.15) is 0 Å². The molecule has 1 aliphatic carbocycles. The molecule has 2 rings (SSSR count). The normalized spacial score (nSPS) is 17.3. The fourth-order valence-corrected chi connectivity index (χ4v) is 2.30. The smallest absolute Gasteiger partial charge is 0.323 e. The number of halogens is 1. The maximum absolute atomic E-state index is 13.0. The number of hydrogen-bond donors (Lipinski definition) is 2. The summed E-state index contributed by atoms with van der Waals surface area (Å²) in [5.41, 5.74) is -0.158. The summed E-state index contributed by atoms with van der Waals surface area (Å²) < 4.78 is 18.6. The number of carboxylic acids is 1. The lowest BCUT2D eigenvalue weighted by molar-refractivity contribution is -0.144. The molecule has 0 spiro atoms. The van der Waals surface area contributed by atoms with Gasteiger partial charge in [-0.15, -0.1) is 0 Å². The van der Waals surface area contributed by atoms with Crippen LogP contribution in [0.25, 0.3) is 0 Å². The van der Waals surface area contributed by atoms with Gasteiger partial charge in [0.15, 0.2) is 0 Å². The third-order valence-electron chi connectivity index (χ3n) is 3.79. The predicted molar refractivity (Wildman–Crippen MR) is 78.1 cm³/mol. The van der Waals surface area contributed by atoms with Crippen LogP contribution in [0.1, 0.15) is 38.2 Å². The van der Waals surface area contributed by atoms with Gasteiger partial charge >= 0.3 is 5.97 Å². The minimum atomic E-state index is -0.900. The van der Waals surface area contributed by atoms with E-state index >= 15 is 0 Å². The molecule has 1 atom stereocenters. The Morgan fingerprint density at radius 3 is 2.81 bits per heavy atom. The molecule has 1 unspecified atom stereocenters. The molecular weight excluding hydrogens is 273 g/mol. The van der Waals surface area contributed by atoms with Gasteiger partial charge in [-0.25, -0.2) is 4.39 Å². The molecule has 116 valence electrons. The van der Waals surface area contributed by atoms with Gasteiger partial charge in [0.25, 0.3) is 0 Å². The van der Waals surface area contributed by atoms with Crippen molar-refractivity contribution in [2.24, 2.45) is 0 Å². The topological polar surface area (TPSA) is 58.6 Å². The van der Waals surface area contributed by atoms with E-state index in [-0.39, 0.29) is 5.82 Å². The largest absolute Gasteiger partial charge is 0.493 e. The van der Waals surface area contributed by atoms with Crippen LogP contribution in [0, 0.1) is 12.7 Å². The highest BCUT2D eigenvalue weighted by Gasteiger charge is 2.37. The highest BCUT2D eigenvalue weighted by Crippen LogP contribution is 2.25. The molecule has 0 amide bonds. The Balaban J connectivity index is 1.80. The minimum Gasteiger partial charge on any atom is -0.493 e. The number of benzene rings is 1. The first kappa shape index (κ1) is 15.8. The van der Waals surface area contributed by atoms with Gasteiger partial charge in [-0.1, -0.05) is 0 Å². The molecular formula is C16H22FNO3. The van der Waals surface area contributed by atoms with Gasteiger partial charge in [-0.3, -0.25) is 10.1 Å². The second-order valence-corrected chi connectivity index (χ2v) is 5.92. The van der Waals surface area contributed by atoms with E-state index < -0.39 is 11.5 Å². The van der Waals surface area contributed by atoms with E-state index in [1.165, 1.54) is 12.1 Å². The second-order valence-electron chi connectivity index (χ2n) is 5.92.